The molecule has 1 aromatic carbocycles. The molecule has 1 unspecified atom stereocenters. The van der Waals surface area contributed by atoms with E-state index in [9.17, 15) is 19.5 Å². The van der Waals surface area contributed by atoms with E-state index < -0.39 is 12.0 Å². The topological polar surface area (TPSA) is 74.7 Å². The van der Waals surface area contributed by atoms with Crippen LogP contribution in [0, 0.1) is 12.8 Å². The van der Waals surface area contributed by atoms with Gasteiger partial charge in [0.1, 0.15) is 6.04 Å². The molecule has 1 N–H and O–H groups in total. The van der Waals surface area contributed by atoms with E-state index in [1.807, 2.05) is 31.2 Å². The van der Waals surface area contributed by atoms with Gasteiger partial charge in [-0.05, 0) is 24.0 Å². The Morgan fingerprint density at radius 2 is 2.09 bits per heavy atom. The van der Waals surface area contributed by atoms with E-state index in [1.54, 1.807) is 0 Å². The van der Waals surface area contributed by atoms with Crippen molar-refractivity contribution in [3.05, 3.63) is 35.4 Å². The lowest BCUT2D eigenvalue weighted by Gasteiger charge is -2.25. The van der Waals surface area contributed by atoms with Crippen LogP contribution in [-0.2, 0) is 20.8 Å². The maximum Gasteiger partial charge on any atom is 0.326 e. The Hall–Kier alpha value is -1.82. The number of hydrogen-bond donors (Lipinski definition) is 1. The van der Waals surface area contributed by atoms with Crippen molar-refractivity contribution in [3.8, 4) is 0 Å². The van der Waals surface area contributed by atoms with Crippen LogP contribution in [0.4, 0.5) is 0 Å². The molecule has 0 radical (unpaired) electrons. The monoisotopic (exact) mass is 335 g/mol. The highest BCUT2D eigenvalue weighted by molar-refractivity contribution is 8.13. The van der Waals surface area contributed by atoms with Gasteiger partial charge in [-0.25, -0.2) is 4.79 Å². The van der Waals surface area contributed by atoms with E-state index in [0.29, 0.717) is 25.1 Å². The van der Waals surface area contributed by atoms with Crippen molar-refractivity contribution in [1.82, 2.24) is 4.90 Å². The molecule has 2 rings (SSSR count). The molecule has 0 saturated carbocycles. The number of aliphatic carboxylic acids is 1. The van der Waals surface area contributed by atoms with Gasteiger partial charge >= 0.3 is 5.97 Å². The molecule has 1 saturated heterocycles. The highest BCUT2D eigenvalue weighted by atomic mass is 32.2. The second-order valence-corrected chi connectivity index (χ2v) is 7.10. The molecule has 1 fully saturated rings. The van der Waals surface area contributed by atoms with Crippen molar-refractivity contribution in [3.63, 3.8) is 0 Å². The zero-order chi connectivity index (χ0) is 17.0. The lowest BCUT2D eigenvalue weighted by molar-refractivity contribution is -0.148. The van der Waals surface area contributed by atoms with Crippen molar-refractivity contribution < 1.29 is 19.5 Å². The Bertz CT molecular complexity index is 616. The normalized spacial score (nSPS) is 19.0. The largest absolute Gasteiger partial charge is 0.480 e. The number of carbonyl (C=O) groups excluding carboxylic acids is 2. The highest BCUT2D eigenvalue weighted by Crippen LogP contribution is 2.26. The molecule has 1 aromatic rings. The van der Waals surface area contributed by atoms with Crippen molar-refractivity contribution >= 4 is 28.8 Å². The number of benzene rings is 1. The number of rotatable bonds is 6. The lowest BCUT2D eigenvalue weighted by Crippen LogP contribution is -2.44. The predicted octanol–water partition coefficient (Wildman–Crippen LogP) is 2.12. The van der Waals surface area contributed by atoms with Gasteiger partial charge < -0.3 is 10.0 Å². The standard InChI is InChI=1S/C17H21NO4S/c1-11-5-3-4-6-14(11)8-15(17(21)22)18-9-13(7-16(18)20)10-23-12(2)19/h3-6,13,15H,7-10H2,1-2H3,(H,21,22)/t13?,15-/m0/s1. The molecule has 0 bridgehead atoms. The molecule has 1 heterocycles. The summed E-state index contributed by atoms with van der Waals surface area (Å²) in [6.07, 6.45) is 0.623. The minimum absolute atomic E-state index is 0.0191. The number of nitrogens with zero attached hydrogens (tertiary/aromatic N) is 1. The third kappa shape index (κ3) is 4.58. The van der Waals surface area contributed by atoms with Gasteiger partial charge in [-0.15, -0.1) is 0 Å². The number of thioether (sulfide) groups is 1. The van der Waals surface area contributed by atoms with Gasteiger partial charge in [0.25, 0.3) is 0 Å². The van der Waals surface area contributed by atoms with Gasteiger partial charge in [0.15, 0.2) is 5.12 Å². The van der Waals surface area contributed by atoms with Crippen LogP contribution in [-0.4, -0.2) is 45.3 Å². The molecular weight excluding hydrogens is 314 g/mol. The van der Waals surface area contributed by atoms with Crippen LogP contribution in [0.25, 0.3) is 0 Å². The third-order valence-electron chi connectivity index (χ3n) is 4.10. The van der Waals surface area contributed by atoms with Crippen molar-refractivity contribution in [2.45, 2.75) is 32.7 Å². The van der Waals surface area contributed by atoms with Crippen molar-refractivity contribution in [2.24, 2.45) is 5.92 Å². The molecule has 0 aliphatic carbocycles. The number of aryl methyl sites for hydroxylation is 1. The lowest BCUT2D eigenvalue weighted by atomic mass is 10.0. The number of likely N-dealkylation sites (tertiary alicyclic amines) is 1. The van der Waals surface area contributed by atoms with Crippen LogP contribution in [0.3, 0.4) is 0 Å². The molecular formula is C17H21NO4S. The Morgan fingerprint density at radius 3 is 2.70 bits per heavy atom. The van der Waals surface area contributed by atoms with Gasteiger partial charge in [-0.3, -0.25) is 9.59 Å². The van der Waals surface area contributed by atoms with Crippen LogP contribution < -0.4 is 0 Å². The molecule has 1 aliphatic heterocycles. The fourth-order valence-electron chi connectivity index (χ4n) is 2.83. The summed E-state index contributed by atoms with van der Waals surface area (Å²) in [6.45, 7) is 3.84. The van der Waals surface area contributed by atoms with Crippen LogP contribution >= 0.6 is 11.8 Å². The number of hydrogen-bond acceptors (Lipinski definition) is 4. The minimum Gasteiger partial charge on any atom is -0.480 e. The first-order valence-electron chi connectivity index (χ1n) is 7.58. The van der Waals surface area contributed by atoms with Crippen LogP contribution in [0.1, 0.15) is 24.5 Å². The summed E-state index contributed by atoms with van der Waals surface area (Å²) in [7, 11) is 0. The summed E-state index contributed by atoms with van der Waals surface area (Å²) in [5.41, 5.74) is 1.96. The minimum atomic E-state index is -0.985. The zero-order valence-electron chi connectivity index (χ0n) is 13.3. The molecule has 5 nitrogen and oxygen atoms in total. The van der Waals surface area contributed by atoms with E-state index in [2.05, 4.69) is 0 Å². The predicted molar refractivity (Wildman–Crippen MR) is 89.3 cm³/mol. The number of carbonyl (C=O) groups is 3. The Morgan fingerprint density at radius 1 is 1.39 bits per heavy atom. The summed E-state index contributed by atoms with van der Waals surface area (Å²) in [5.74, 6) is -0.523. The second kappa shape index (κ2) is 7.64. The first-order chi connectivity index (χ1) is 10.9. The molecule has 1 aliphatic rings. The molecule has 0 aromatic heterocycles. The smallest absolute Gasteiger partial charge is 0.326 e. The highest BCUT2D eigenvalue weighted by Gasteiger charge is 2.37. The quantitative estimate of drug-likeness (QED) is 0.862. The van der Waals surface area contributed by atoms with E-state index in [1.165, 1.54) is 23.6 Å². The first kappa shape index (κ1) is 17.5. The van der Waals surface area contributed by atoms with E-state index in [4.69, 9.17) is 0 Å². The van der Waals surface area contributed by atoms with Gasteiger partial charge in [0.2, 0.25) is 5.91 Å². The molecule has 124 valence electrons. The average Bonchev–Trinajstić information content (AvgIpc) is 2.85. The number of amides is 1. The maximum absolute atomic E-state index is 12.2. The van der Waals surface area contributed by atoms with Crippen LogP contribution in [0.15, 0.2) is 24.3 Å². The van der Waals surface area contributed by atoms with Gasteiger partial charge in [0, 0.05) is 32.1 Å². The van der Waals surface area contributed by atoms with E-state index >= 15 is 0 Å². The first-order valence-corrected chi connectivity index (χ1v) is 8.57. The van der Waals surface area contributed by atoms with E-state index in [0.717, 1.165) is 11.1 Å². The summed E-state index contributed by atoms with van der Waals surface area (Å²) < 4.78 is 0. The Kier molecular flexibility index (Phi) is 5.82. The SMILES string of the molecule is CC(=O)SCC1CC(=O)N([C@@H](Cc2ccccc2C)C(=O)O)C1. The second-order valence-electron chi connectivity index (χ2n) is 5.90. The van der Waals surface area contributed by atoms with Gasteiger partial charge in [-0.1, -0.05) is 36.0 Å². The maximum atomic E-state index is 12.2. The fourth-order valence-corrected chi connectivity index (χ4v) is 3.53. The summed E-state index contributed by atoms with van der Waals surface area (Å²) in [6, 6.07) is 6.77. The summed E-state index contributed by atoms with van der Waals surface area (Å²) >= 11 is 1.19. The molecule has 23 heavy (non-hydrogen) atoms. The Balaban J connectivity index is 2.09. The Labute approximate surface area is 140 Å². The van der Waals surface area contributed by atoms with Gasteiger partial charge in [-0.2, -0.15) is 0 Å². The van der Waals surface area contributed by atoms with E-state index in [-0.39, 0.29) is 16.9 Å². The zero-order valence-corrected chi connectivity index (χ0v) is 14.1. The molecule has 2 atom stereocenters. The van der Waals surface area contributed by atoms with Crippen LogP contribution in [0.5, 0.6) is 0 Å². The average molecular weight is 335 g/mol. The molecule has 6 heteroatoms. The fraction of sp³-hybridized carbons (Fsp3) is 0.471. The number of carboxylic acid groups (broad SMARTS) is 1. The van der Waals surface area contributed by atoms with Crippen molar-refractivity contribution in [2.75, 3.05) is 12.3 Å². The molecule has 0 spiro atoms. The summed E-state index contributed by atoms with van der Waals surface area (Å²) in [4.78, 5) is 36.4. The summed E-state index contributed by atoms with van der Waals surface area (Å²) in [5, 5.41) is 9.57. The third-order valence-corrected chi connectivity index (χ3v) is 5.14. The van der Waals surface area contributed by atoms with Crippen molar-refractivity contribution in [1.29, 1.82) is 0 Å². The molecule has 1 amide bonds. The van der Waals surface area contributed by atoms with Crippen LogP contribution in [0.2, 0.25) is 0 Å². The number of carboxylic acids is 1. The van der Waals surface area contributed by atoms with Gasteiger partial charge in [0.05, 0.1) is 0 Å².